The third-order valence-corrected chi connectivity index (χ3v) is 3.68. The molecule has 0 radical (unpaired) electrons. The Morgan fingerprint density at radius 3 is 2.60 bits per heavy atom. The summed E-state index contributed by atoms with van der Waals surface area (Å²) in [6.45, 7) is 1.10. The molecule has 6 heteroatoms. The molecule has 3 N–H and O–H groups in total. The Morgan fingerprint density at radius 2 is 1.95 bits per heavy atom. The summed E-state index contributed by atoms with van der Waals surface area (Å²) in [6.07, 6.45) is 5.91. The van der Waals surface area contributed by atoms with Gasteiger partial charge in [-0.25, -0.2) is 0 Å². The fraction of sp³-hybridized carbons (Fsp3) is 0.857. The first-order valence-corrected chi connectivity index (χ1v) is 7.33. The predicted molar refractivity (Wildman–Crippen MR) is 75.0 cm³/mol. The lowest BCUT2D eigenvalue weighted by molar-refractivity contribution is -0.141. The molecule has 0 aliphatic heterocycles. The van der Waals surface area contributed by atoms with Gasteiger partial charge in [0.1, 0.15) is 0 Å². The minimum atomic E-state index is -0.412. The van der Waals surface area contributed by atoms with E-state index in [0.29, 0.717) is 25.7 Å². The van der Waals surface area contributed by atoms with Crippen molar-refractivity contribution in [2.45, 2.75) is 44.6 Å². The van der Waals surface area contributed by atoms with Crippen molar-refractivity contribution in [3.8, 4) is 0 Å². The zero-order valence-corrected chi connectivity index (χ0v) is 12.2. The molecule has 0 aromatic carbocycles. The van der Waals surface area contributed by atoms with Gasteiger partial charge in [-0.15, -0.1) is 0 Å². The third-order valence-electron chi connectivity index (χ3n) is 3.68. The molecule has 116 valence electrons. The summed E-state index contributed by atoms with van der Waals surface area (Å²) in [5, 5.41) is 2.78. The van der Waals surface area contributed by atoms with Crippen molar-refractivity contribution < 1.29 is 19.1 Å². The van der Waals surface area contributed by atoms with E-state index in [0.717, 1.165) is 12.8 Å². The van der Waals surface area contributed by atoms with E-state index in [9.17, 15) is 9.59 Å². The lowest BCUT2D eigenvalue weighted by Crippen LogP contribution is -2.46. The normalized spacial score (nSPS) is 17.5. The molecule has 0 aromatic heterocycles. The van der Waals surface area contributed by atoms with Crippen LogP contribution in [0.25, 0.3) is 0 Å². The van der Waals surface area contributed by atoms with Gasteiger partial charge in [-0.1, -0.05) is 19.3 Å². The van der Waals surface area contributed by atoms with Crippen LogP contribution in [-0.4, -0.2) is 44.8 Å². The van der Waals surface area contributed by atoms with Crippen molar-refractivity contribution >= 4 is 11.9 Å². The van der Waals surface area contributed by atoms with E-state index in [1.807, 2.05) is 0 Å². The van der Waals surface area contributed by atoms with E-state index in [1.165, 1.54) is 26.4 Å². The topological polar surface area (TPSA) is 90.6 Å². The van der Waals surface area contributed by atoms with Gasteiger partial charge in [0.2, 0.25) is 5.91 Å². The van der Waals surface area contributed by atoms with Gasteiger partial charge in [0.25, 0.3) is 0 Å². The van der Waals surface area contributed by atoms with Crippen LogP contribution < -0.4 is 11.1 Å². The lowest BCUT2D eigenvalue weighted by Gasteiger charge is -2.26. The van der Waals surface area contributed by atoms with Gasteiger partial charge in [0.05, 0.1) is 32.8 Å². The molecule has 1 aliphatic carbocycles. The van der Waals surface area contributed by atoms with Crippen molar-refractivity contribution in [1.29, 1.82) is 0 Å². The maximum Gasteiger partial charge on any atom is 0.307 e. The van der Waals surface area contributed by atoms with Crippen LogP contribution in [0.1, 0.15) is 38.5 Å². The zero-order chi connectivity index (χ0) is 14.8. The van der Waals surface area contributed by atoms with Gasteiger partial charge in [-0.2, -0.15) is 0 Å². The predicted octanol–water partition coefficient (Wildman–Crippen LogP) is 0.590. The maximum atomic E-state index is 11.9. The van der Waals surface area contributed by atoms with Crippen LogP contribution in [0.15, 0.2) is 0 Å². The fourth-order valence-electron chi connectivity index (χ4n) is 2.43. The summed E-state index contributed by atoms with van der Waals surface area (Å²) in [5.41, 5.74) is 5.98. The molecule has 1 fully saturated rings. The van der Waals surface area contributed by atoms with Crippen LogP contribution in [0.3, 0.4) is 0 Å². The molecular formula is C14H26N2O4. The van der Waals surface area contributed by atoms with Gasteiger partial charge in [0.15, 0.2) is 0 Å². The highest BCUT2D eigenvalue weighted by Crippen LogP contribution is 2.25. The molecule has 1 amide bonds. The minimum absolute atomic E-state index is 0.103. The number of carbonyl (C=O) groups is 2. The van der Waals surface area contributed by atoms with E-state index in [2.05, 4.69) is 10.1 Å². The molecule has 20 heavy (non-hydrogen) atoms. The SMILES string of the molecule is COC(=O)CCOCCNC(=O)[C@H](N)C1CCCCC1. The zero-order valence-electron chi connectivity index (χ0n) is 12.2. The Morgan fingerprint density at radius 1 is 1.25 bits per heavy atom. The van der Waals surface area contributed by atoms with E-state index in [-0.39, 0.29) is 18.3 Å². The molecule has 0 bridgehead atoms. The summed E-state index contributed by atoms with van der Waals surface area (Å²) >= 11 is 0. The number of ether oxygens (including phenoxy) is 2. The monoisotopic (exact) mass is 286 g/mol. The molecule has 1 saturated carbocycles. The van der Waals surface area contributed by atoms with Crippen molar-refractivity contribution in [3.63, 3.8) is 0 Å². The van der Waals surface area contributed by atoms with Gasteiger partial charge in [-0.3, -0.25) is 9.59 Å². The Labute approximate surface area is 120 Å². The average molecular weight is 286 g/mol. The molecule has 1 rings (SSSR count). The molecule has 0 heterocycles. The highest BCUT2D eigenvalue weighted by atomic mass is 16.5. The average Bonchev–Trinajstić information content (AvgIpc) is 2.50. The van der Waals surface area contributed by atoms with Crippen molar-refractivity contribution in [2.24, 2.45) is 11.7 Å². The summed E-state index contributed by atoms with van der Waals surface area (Å²) in [4.78, 5) is 22.7. The van der Waals surface area contributed by atoms with Crippen LogP contribution in [0.4, 0.5) is 0 Å². The van der Waals surface area contributed by atoms with Crippen molar-refractivity contribution in [1.82, 2.24) is 5.32 Å². The molecule has 0 aromatic rings. The summed E-state index contributed by atoms with van der Waals surface area (Å²) in [5.74, 6) is -0.0918. The fourth-order valence-corrected chi connectivity index (χ4v) is 2.43. The Hall–Kier alpha value is -1.14. The quantitative estimate of drug-likeness (QED) is 0.503. The molecule has 1 aliphatic rings. The number of rotatable bonds is 8. The second-order valence-electron chi connectivity index (χ2n) is 5.15. The number of nitrogens with two attached hydrogens (primary N) is 1. The second kappa shape index (κ2) is 9.72. The number of esters is 1. The van der Waals surface area contributed by atoms with E-state index < -0.39 is 6.04 Å². The van der Waals surface area contributed by atoms with E-state index in [1.54, 1.807) is 0 Å². The first-order chi connectivity index (χ1) is 9.65. The minimum Gasteiger partial charge on any atom is -0.469 e. The largest absolute Gasteiger partial charge is 0.469 e. The van der Waals surface area contributed by atoms with Crippen LogP contribution in [0.5, 0.6) is 0 Å². The lowest BCUT2D eigenvalue weighted by atomic mass is 9.84. The molecule has 0 spiro atoms. The van der Waals surface area contributed by atoms with Crippen molar-refractivity contribution in [2.75, 3.05) is 26.9 Å². The number of nitrogens with one attached hydrogen (secondary N) is 1. The molecule has 6 nitrogen and oxygen atoms in total. The van der Waals surface area contributed by atoms with Crippen LogP contribution in [0, 0.1) is 5.92 Å². The Kier molecular flexibility index (Phi) is 8.22. The molecule has 1 atom stereocenters. The highest BCUT2D eigenvalue weighted by molar-refractivity contribution is 5.81. The van der Waals surface area contributed by atoms with Gasteiger partial charge in [0, 0.05) is 6.54 Å². The number of methoxy groups -OCH3 is 1. The van der Waals surface area contributed by atoms with Gasteiger partial charge in [-0.05, 0) is 18.8 Å². The van der Waals surface area contributed by atoms with Crippen LogP contribution in [-0.2, 0) is 19.1 Å². The second-order valence-corrected chi connectivity index (χ2v) is 5.15. The highest BCUT2D eigenvalue weighted by Gasteiger charge is 2.25. The summed E-state index contributed by atoms with van der Waals surface area (Å²) in [6, 6.07) is -0.412. The first-order valence-electron chi connectivity index (χ1n) is 7.33. The number of hydrogen-bond donors (Lipinski definition) is 2. The number of hydrogen-bond acceptors (Lipinski definition) is 5. The van der Waals surface area contributed by atoms with Crippen LogP contribution in [0.2, 0.25) is 0 Å². The van der Waals surface area contributed by atoms with Crippen LogP contribution >= 0.6 is 0 Å². The standard InChI is InChI=1S/C14H26N2O4/c1-19-12(17)7-9-20-10-8-16-14(18)13(15)11-5-3-2-4-6-11/h11,13H,2-10,15H2,1H3,(H,16,18)/t13-/m1/s1. The van der Waals surface area contributed by atoms with Gasteiger partial charge < -0.3 is 20.5 Å². The smallest absolute Gasteiger partial charge is 0.307 e. The number of carbonyl (C=O) groups excluding carboxylic acids is 2. The number of amides is 1. The van der Waals surface area contributed by atoms with Crippen molar-refractivity contribution in [3.05, 3.63) is 0 Å². The van der Waals surface area contributed by atoms with Gasteiger partial charge >= 0.3 is 5.97 Å². The Bertz CT molecular complexity index is 304. The summed E-state index contributed by atoms with van der Waals surface area (Å²) < 4.78 is 9.71. The first kappa shape index (κ1) is 16.9. The van der Waals surface area contributed by atoms with E-state index in [4.69, 9.17) is 10.5 Å². The Balaban J connectivity index is 2.05. The maximum absolute atomic E-state index is 11.9. The van der Waals surface area contributed by atoms with E-state index >= 15 is 0 Å². The molecule has 0 unspecified atom stereocenters. The molecule has 0 saturated heterocycles. The molecular weight excluding hydrogens is 260 g/mol. The summed E-state index contributed by atoms with van der Waals surface area (Å²) in [7, 11) is 1.34. The third kappa shape index (κ3) is 6.34.